The first kappa shape index (κ1) is 13.1. The van der Waals surface area contributed by atoms with Gasteiger partial charge in [0.05, 0.1) is 5.52 Å². The standard InChI is InChI=1S/C17H14N2O2/c20-17(18-21)9-7-13-6-8-16-14(12-13)10-11-19(16)15-4-2-1-3-5-15/h1-12,21H,(H,18,20). The van der Waals surface area contributed by atoms with Crippen molar-refractivity contribution in [3.8, 4) is 5.69 Å². The van der Waals surface area contributed by atoms with Crippen molar-refractivity contribution in [2.45, 2.75) is 0 Å². The summed E-state index contributed by atoms with van der Waals surface area (Å²) in [6.45, 7) is 0. The van der Waals surface area contributed by atoms with Crippen LogP contribution in [0.3, 0.4) is 0 Å². The van der Waals surface area contributed by atoms with Crippen molar-refractivity contribution in [3.63, 3.8) is 0 Å². The third-order valence-electron chi connectivity index (χ3n) is 3.29. The molecule has 3 rings (SSSR count). The Morgan fingerprint density at radius 3 is 2.67 bits per heavy atom. The lowest BCUT2D eigenvalue weighted by molar-refractivity contribution is -0.124. The molecule has 0 radical (unpaired) electrons. The molecule has 0 fully saturated rings. The average Bonchev–Trinajstić information content (AvgIpc) is 2.96. The van der Waals surface area contributed by atoms with Crippen molar-refractivity contribution in [1.29, 1.82) is 0 Å². The van der Waals surface area contributed by atoms with Crippen LogP contribution in [0.2, 0.25) is 0 Å². The molecule has 0 aliphatic carbocycles. The number of nitrogens with zero attached hydrogens (tertiary/aromatic N) is 1. The number of para-hydroxylation sites is 1. The zero-order valence-electron chi connectivity index (χ0n) is 11.2. The molecule has 104 valence electrons. The maximum atomic E-state index is 11.0. The molecule has 1 aromatic heterocycles. The van der Waals surface area contributed by atoms with Gasteiger partial charge in [-0.05, 0) is 42.0 Å². The molecule has 1 amide bonds. The van der Waals surface area contributed by atoms with Crippen molar-refractivity contribution in [3.05, 3.63) is 72.4 Å². The van der Waals surface area contributed by atoms with Gasteiger partial charge in [0.2, 0.25) is 0 Å². The summed E-state index contributed by atoms with van der Waals surface area (Å²) in [4.78, 5) is 11.0. The SMILES string of the molecule is O=C(C=Cc1ccc2c(ccn2-c2ccccc2)c1)NO. The molecular formula is C17H14N2O2. The molecule has 0 unspecified atom stereocenters. The van der Waals surface area contributed by atoms with Gasteiger partial charge in [-0.25, -0.2) is 5.48 Å². The van der Waals surface area contributed by atoms with Gasteiger partial charge in [0.1, 0.15) is 0 Å². The van der Waals surface area contributed by atoms with Gasteiger partial charge in [-0.2, -0.15) is 0 Å². The summed E-state index contributed by atoms with van der Waals surface area (Å²) in [5.41, 5.74) is 4.68. The van der Waals surface area contributed by atoms with Crippen LogP contribution in [0.4, 0.5) is 0 Å². The number of carbonyl (C=O) groups is 1. The maximum Gasteiger partial charge on any atom is 0.267 e. The number of aromatic nitrogens is 1. The molecule has 21 heavy (non-hydrogen) atoms. The second-order valence-corrected chi connectivity index (χ2v) is 4.65. The number of rotatable bonds is 3. The van der Waals surface area contributed by atoms with E-state index in [9.17, 15) is 4.79 Å². The Balaban J connectivity index is 1.98. The monoisotopic (exact) mass is 278 g/mol. The number of fused-ring (bicyclic) bond motifs is 1. The number of hydrogen-bond donors (Lipinski definition) is 2. The highest BCUT2D eigenvalue weighted by Gasteiger charge is 2.03. The summed E-state index contributed by atoms with van der Waals surface area (Å²) in [6.07, 6.45) is 4.97. The molecule has 0 spiro atoms. The van der Waals surface area contributed by atoms with Crippen molar-refractivity contribution in [1.82, 2.24) is 10.0 Å². The van der Waals surface area contributed by atoms with Gasteiger partial charge in [-0.15, -0.1) is 0 Å². The molecule has 2 aromatic carbocycles. The fourth-order valence-corrected chi connectivity index (χ4v) is 2.29. The summed E-state index contributed by atoms with van der Waals surface area (Å²) in [5, 5.41) is 9.55. The van der Waals surface area contributed by atoms with Gasteiger partial charge in [0.25, 0.3) is 5.91 Å². The summed E-state index contributed by atoms with van der Waals surface area (Å²) in [5.74, 6) is -0.544. The number of carbonyl (C=O) groups excluding carboxylic acids is 1. The summed E-state index contributed by atoms with van der Waals surface area (Å²) >= 11 is 0. The van der Waals surface area contributed by atoms with E-state index < -0.39 is 5.91 Å². The van der Waals surface area contributed by atoms with Crippen LogP contribution in [0.5, 0.6) is 0 Å². The predicted molar refractivity (Wildman–Crippen MR) is 82.2 cm³/mol. The van der Waals surface area contributed by atoms with Crippen LogP contribution in [-0.2, 0) is 4.79 Å². The number of hydroxylamine groups is 1. The van der Waals surface area contributed by atoms with E-state index in [1.807, 2.05) is 48.7 Å². The number of amides is 1. The first-order chi connectivity index (χ1) is 10.3. The summed E-state index contributed by atoms with van der Waals surface area (Å²) in [7, 11) is 0. The van der Waals surface area contributed by atoms with Gasteiger partial charge < -0.3 is 4.57 Å². The van der Waals surface area contributed by atoms with Crippen LogP contribution in [0.25, 0.3) is 22.7 Å². The van der Waals surface area contributed by atoms with Crippen molar-refractivity contribution in [2.75, 3.05) is 0 Å². The Hall–Kier alpha value is -2.85. The van der Waals surface area contributed by atoms with Crippen LogP contribution in [0.15, 0.2) is 66.9 Å². The van der Waals surface area contributed by atoms with E-state index in [4.69, 9.17) is 5.21 Å². The number of hydrogen-bond acceptors (Lipinski definition) is 2. The van der Waals surface area contributed by atoms with Gasteiger partial charge in [-0.1, -0.05) is 24.3 Å². The molecule has 0 saturated carbocycles. The summed E-state index contributed by atoms with van der Waals surface area (Å²) in [6, 6.07) is 18.1. The lowest BCUT2D eigenvalue weighted by atomic mass is 10.1. The Kier molecular flexibility index (Phi) is 3.53. The normalized spacial score (nSPS) is 11.1. The van der Waals surface area contributed by atoms with Crippen molar-refractivity contribution in [2.24, 2.45) is 0 Å². The molecule has 4 nitrogen and oxygen atoms in total. The van der Waals surface area contributed by atoms with Crippen LogP contribution >= 0.6 is 0 Å². The smallest absolute Gasteiger partial charge is 0.267 e. The number of benzene rings is 2. The zero-order chi connectivity index (χ0) is 14.7. The van der Waals surface area contributed by atoms with E-state index in [0.717, 1.165) is 22.2 Å². The largest absolute Gasteiger partial charge is 0.317 e. The van der Waals surface area contributed by atoms with Crippen molar-refractivity contribution < 1.29 is 10.0 Å². The quantitative estimate of drug-likeness (QED) is 0.439. The average molecular weight is 278 g/mol. The topological polar surface area (TPSA) is 54.3 Å². The zero-order valence-corrected chi connectivity index (χ0v) is 11.2. The summed E-state index contributed by atoms with van der Waals surface area (Å²) < 4.78 is 2.11. The van der Waals surface area contributed by atoms with E-state index in [-0.39, 0.29) is 0 Å². The van der Waals surface area contributed by atoms with E-state index in [1.54, 1.807) is 11.6 Å². The van der Waals surface area contributed by atoms with Gasteiger partial charge in [0.15, 0.2) is 0 Å². The Morgan fingerprint density at radius 2 is 1.90 bits per heavy atom. The molecule has 4 heteroatoms. The Morgan fingerprint density at radius 1 is 1.10 bits per heavy atom. The minimum Gasteiger partial charge on any atom is -0.317 e. The molecule has 1 heterocycles. The molecule has 0 bridgehead atoms. The third-order valence-corrected chi connectivity index (χ3v) is 3.29. The molecule has 0 aliphatic rings. The Bertz CT molecular complexity index is 804. The first-order valence-electron chi connectivity index (χ1n) is 6.56. The highest BCUT2D eigenvalue weighted by molar-refractivity contribution is 5.92. The second-order valence-electron chi connectivity index (χ2n) is 4.65. The third kappa shape index (κ3) is 2.70. The molecule has 0 atom stereocenters. The number of nitrogens with one attached hydrogen (secondary N) is 1. The molecule has 3 aromatic rings. The molecule has 0 saturated heterocycles. The minimum absolute atomic E-state index is 0.544. The lowest BCUT2D eigenvalue weighted by Gasteiger charge is -2.05. The van der Waals surface area contributed by atoms with Crippen LogP contribution < -0.4 is 5.48 Å². The van der Waals surface area contributed by atoms with Gasteiger partial charge >= 0.3 is 0 Å². The fourth-order valence-electron chi connectivity index (χ4n) is 2.29. The predicted octanol–water partition coefficient (Wildman–Crippen LogP) is 3.15. The Labute approximate surface area is 121 Å². The van der Waals surface area contributed by atoms with Crippen LogP contribution in [0, 0.1) is 0 Å². The second kappa shape index (κ2) is 5.64. The molecule has 2 N–H and O–H groups in total. The van der Waals surface area contributed by atoms with Crippen LogP contribution in [-0.4, -0.2) is 15.7 Å². The van der Waals surface area contributed by atoms with Gasteiger partial charge in [0, 0.05) is 23.3 Å². The van der Waals surface area contributed by atoms with Crippen molar-refractivity contribution >= 4 is 22.9 Å². The van der Waals surface area contributed by atoms with Gasteiger partial charge in [-0.3, -0.25) is 10.0 Å². The van der Waals surface area contributed by atoms with E-state index in [1.165, 1.54) is 6.08 Å². The van der Waals surface area contributed by atoms with Crippen LogP contribution in [0.1, 0.15) is 5.56 Å². The molecule has 0 aliphatic heterocycles. The lowest BCUT2D eigenvalue weighted by Crippen LogP contribution is -2.14. The van der Waals surface area contributed by atoms with E-state index >= 15 is 0 Å². The first-order valence-corrected chi connectivity index (χ1v) is 6.56. The highest BCUT2D eigenvalue weighted by Crippen LogP contribution is 2.22. The fraction of sp³-hybridized carbons (Fsp3) is 0. The molecular weight excluding hydrogens is 264 g/mol. The van der Waals surface area contributed by atoms with E-state index in [0.29, 0.717) is 0 Å². The maximum absolute atomic E-state index is 11.0. The minimum atomic E-state index is -0.544. The van der Waals surface area contributed by atoms with E-state index in [2.05, 4.69) is 16.7 Å². The highest BCUT2D eigenvalue weighted by atomic mass is 16.5.